The normalized spacial score (nSPS) is 19.5. The summed E-state index contributed by atoms with van der Waals surface area (Å²) in [5, 5.41) is 3.52. The zero-order chi connectivity index (χ0) is 21.8. The van der Waals surface area contributed by atoms with Crippen molar-refractivity contribution in [2.75, 3.05) is 49.0 Å². The zero-order valence-corrected chi connectivity index (χ0v) is 18.4. The number of hydrogen-bond donors (Lipinski definition) is 1. The number of hydrogen-bond acceptors (Lipinski definition) is 8. The van der Waals surface area contributed by atoms with Crippen LogP contribution in [0.4, 0.5) is 17.5 Å². The Hall–Kier alpha value is -3.29. The first kappa shape index (κ1) is 21.0. The maximum absolute atomic E-state index is 5.91. The van der Waals surface area contributed by atoms with E-state index in [4.69, 9.17) is 14.5 Å². The molecule has 164 valence electrons. The van der Waals surface area contributed by atoms with Crippen molar-refractivity contribution >= 4 is 17.5 Å². The van der Waals surface area contributed by atoms with E-state index >= 15 is 0 Å². The summed E-state index contributed by atoms with van der Waals surface area (Å²) in [6, 6.07) is 4.47. The van der Waals surface area contributed by atoms with E-state index in [9.17, 15) is 0 Å². The number of anilines is 3. The Balaban J connectivity index is 1.40. The van der Waals surface area contributed by atoms with Gasteiger partial charge in [0.25, 0.3) is 0 Å². The highest BCUT2D eigenvalue weighted by atomic mass is 16.5. The first-order chi connectivity index (χ1) is 15.1. The third-order valence-electron chi connectivity index (χ3n) is 5.96. The van der Waals surface area contributed by atoms with E-state index in [0.717, 1.165) is 43.2 Å². The highest BCUT2D eigenvalue weighted by Gasteiger charge is 2.28. The molecule has 31 heavy (non-hydrogen) atoms. The molecule has 1 N–H and O–H groups in total. The fraction of sp³-hybridized carbons (Fsp3) is 0.435. The summed E-state index contributed by atoms with van der Waals surface area (Å²) in [6.45, 7) is 8.36. The molecule has 0 radical (unpaired) electrons. The maximum Gasteiger partial charge on any atom is 0.225 e. The minimum absolute atomic E-state index is 0.133. The van der Waals surface area contributed by atoms with Crippen LogP contribution in [0.15, 0.2) is 48.8 Å². The molecule has 4 rings (SSSR count). The summed E-state index contributed by atoms with van der Waals surface area (Å²) >= 11 is 0. The van der Waals surface area contributed by atoms with E-state index in [2.05, 4.69) is 38.6 Å². The van der Waals surface area contributed by atoms with Crippen molar-refractivity contribution in [3.63, 3.8) is 0 Å². The second-order valence-corrected chi connectivity index (χ2v) is 7.93. The molecule has 8 heteroatoms. The van der Waals surface area contributed by atoms with Crippen LogP contribution >= 0.6 is 0 Å². The second-order valence-electron chi connectivity index (χ2n) is 7.93. The van der Waals surface area contributed by atoms with Crippen molar-refractivity contribution in [2.24, 2.45) is 0 Å². The zero-order valence-electron chi connectivity index (χ0n) is 18.4. The smallest absolute Gasteiger partial charge is 0.225 e. The number of aromatic nitrogens is 3. The number of allylic oxidation sites excluding steroid dienone is 2. The van der Waals surface area contributed by atoms with E-state index in [1.165, 1.54) is 5.57 Å². The molecule has 2 aliphatic heterocycles. The van der Waals surface area contributed by atoms with Gasteiger partial charge in [-0.15, -0.1) is 0 Å². The van der Waals surface area contributed by atoms with E-state index < -0.39 is 0 Å². The molecule has 2 aromatic heterocycles. The molecule has 8 nitrogen and oxygen atoms in total. The summed E-state index contributed by atoms with van der Waals surface area (Å²) < 4.78 is 11.2. The van der Waals surface area contributed by atoms with E-state index in [0.29, 0.717) is 24.5 Å². The van der Waals surface area contributed by atoms with Crippen molar-refractivity contribution < 1.29 is 9.47 Å². The number of nitrogens with zero attached hydrogens (tertiary/aromatic N) is 5. The fourth-order valence-corrected chi connectivity index (χ4v) is 4.12. The van der Waals surface area contributed by atoms with Gasteiger partial charge in [0.15, 0.2) is 11.6 Å². The van der Waals surface area contributed by atoms with E-state index in [-0.39, 0.29) is 6.04 Å². The third-order valence-corrected chi connectivity index (χ3v) is 5.96. The minimum atomic E-state index is 0.133. The van der Waals surface area contributed by atoms with Gasteiger partial charge in [0, 0.05) is 44.1 Å². The summed E-state index contributed by atoms with van der Waals surface area (Å²) in [5.74, 6) is 2.82. The van der Waals surface area contributed by atoms with Crippen LogP contribution in [-0.4, -0.2) is 60.9 Å². The minimum Gasteiger partial charge on any atom is -0.486 e. The predicted octanol–water partition coefficient (Wildman–Crippen LogP) is 3.29. The van der Waals surface area contributed by atoms with Crippen LogP contribution in [0.3, 0.4) is 0 Å². The van der Waals surface area contributed by atoms with Gasteiger partial charge < -0.3 is 24.6 Å². The quantitative estimate of drug-likeness (QED) is 0.711. The van der Waals surface area contributed by atoms with Gasteiger partial charge in [-0.2, -0.15) is 4.98 Å². The molecule has 1 atom stereocenters. The van der Waals surface area contributed by atoms with Crippen LogP contribution in [0.25, 0.3) is 0 Å². The Morgan fingerprint density at radius 1 is 1.32 bits per heavy atom. The highest BCUT2D eigenvalue weighted by Crippen LogP contribution is 2.33. The first-order valence-electron chi connectivity index (χ1n) is 10.6. The summed E-state index contributed by atoms with van der Waals surface area (Å²) in [4.78, 5) is 18.0. The Morgan fingerprint density at radius 2 is 2.13 bits per heavy atom. The van der Waals surface area contributed by atoms with Gasteiger partial charge in [-0.1, -0.05) is 18.7 Å². The Bertz CT molecular complexity index is 955. The molecular formula is C23H30N6O2. The topological polar surface area (TPSA) is 75.6 Å². The van der Waals surface area contributed by atoms with E-state index in [1.807, 2.05) is 25.3 Å². The number of piperidine rings is 1. The summed E-state index contributed by atoms with van der Waals surface area (Å²) in [6.07, 6.45) is 9.38. The molecule has 0 saturated carbocycles. The fourth-order valence-electron chi connectivity index (χ4n) is 4.12. The lowest BCUT2D eigenvalue weighted by atomic mass is 10.0. The monoisotopic (exact) mass is 422 g/mol. The van der Waals surface area contributed by atoms with Crippen molar-refractivity contribution in [3.05, 3.63) is 48.8 Å². The lowest BCUT2D eigenvalue weighted by Gasteiger charge is -2.36. The van der Waals surface area contributed by atoms with Gasteiger partial charge in [0.2, 0.25) is 11.8 Å². The van der Waals surface area contributed by atoms with Crippen LogP contribution in [0.1, 0.15) is 19.8 Å². The van der Waals surface area contributed by atoms with Crippen molar-refractivity contribution in [1.29, 1.82) is 0 Å². The molecule has 0 bridgehead atoms. The molecule has 1 fully saturated rings. The van der Waals surface area contributed by atoms with Crippen LogP contribution < -0.4 is 24.6 Å². The number of likely N-dealkylation sites (N-methyl/N-ethyl adjacent to an activating group) is 1. The first-order valence-corrected chi connectivity index (χ1v) is 10.6. The molecule has 4 heterocycles. The standard InChI is InChI=1S/C23H30N6O2/c1-5-6-16(2)19-15-31-20-14-25-23(27-22(20)28(19)3)26-17-8-11-29(12-9-17)18-7-10-24-21(13-18)30-4/h5-7,10,13-14,17,19H,1,8-9,11-12,15H2,2-4H3,(H,25,26,27). The van der Waals surface area contributed by atoms with Crippen molar-refractivity contribution in [3.8, 4) is 11.6 Å². The Labute approximate surface area is 183 Å². The van der Waals surface area contributed by atoms with Crippen molar-refractivity contribution in [2.45, 2.75) is 31.8 Å². The molecule has 2 aromatic rings. The van der Waals surface area contributed by atoms with E-state index in [1.54, 1.807) is 25.6 Å². The van der Waals surface area contributed by atoms with Crippen LogP contribution in [-0.2, 0) is 0 Å². The summed E-state index contributed by atoms with van der Waals surface area (Å²) in [7, 11) is 3.69. The van der Waals surface area contributed by atoms with Gasteiger partial charge in [0.05, 0.1) is 19.3 Å². The number of fused-ring (bicyclic) bond motifs is 1. The second kappa shape index (κ2) is 9.24. The van der Waals surface area contributed by atoms with Gasteiger partial charge in [-0.05, 0) is 31.4 Å². The van der Waals surface area contributed by atoms with Gasteiger partial charge >= 0.3 is 0 Å². The molecular weight excluding hydrogens is 392 g/mol. The maximum atomic E-state index is 5.91. The van der Waals surface area contributed by atoms with Crippen LogP contribution in [0.5, 0.6) is 11.6 Å². The van der Waals surface area contributed by atoms with Crippen LogP contribution in [0.2, 0.25) is 0 Å². The molecule has 2 aliphatic rings. The number of pyridine rings is 1. The molecule has 0 spiro atoms. The SMILES string of the molecule is C=CC=C(C)C1COc2cnc(NC3CCN(c4ccnc(OC)c4)CC3)nc2N1C. The van der Waals surface area contributed by atoms with Crippen LogP contribution in [0, 0.1) is 0 Å². The third kappa shape index (κ3) is 4.57. The molecule has 1 unspecified atom stereocenters. The Morgan fingerprint density at radius 3 is 2.87 bits per heavy atom. The lowest BCUT2D eigenvalue weighted by Crippen LogP contribution is -2.42. The number of methoxy groups -OCH3 is 1. The molecule has 0 amide bonds. The average Bonchev–Trinajstić information content (AvgIpc) is 2.80. The van der Waals surface area contributed by atoms with Crippen molar-refractivity contribution in [1.82, 2.24) is 15.0 Å². The predicted molar refractivity (Wildman–Crippen MR) is 123 cm³/mol. The van der Waals surface area contributed by atoms with Gasteiger partial charge in [-0.3, -0.25) is 0 Å². The van der Waals surface area contributed by atoms with Gasteiger partial charge in [-0.25, -0.2) is 9.97 Å². The highest BCUT2D eigenvalue weighted by molar-refractivity contribution is 5.57. The number of nitrogens with one attached hydrogen (secondary N) is 1. The molecule has 0 aliphatic carbocycles. The summed E-state index contributed by atoms with van der Waals surface area (Å²) in [5.41, 5.74) is 2.33. The number of ether oxygens (including phenoxy) is 2. The average molecular weight is 423 g/mol. The molecule has 1 saturated heterocycles. The largest absolute Gasteiger partial charge is 0.486 e. The Kier molecular flexibility index (Phi) is 6.25. The van der Waals surface area contributed by atoms with Gasteiger partial charge in [0.1, 0.15) is 6.61 Å². The molecule has 0 aromatic carbocycles. The number of rotatable bonds is 6. The lowest BCUT2D eigenvalue weighted by molar-refractivity contribution is 0.277.